The van der Waals surface area contributed by atoms with Gasteiger partial charge in [0, 0.05) is 26.2 Å². The number of nitrogens with zero attached hydrogens (tertiary/aromatic N) is 1. The molecule has 1 aromatic rings. The van der Waals surface area contributed by atoms with Crippen molar-refractivity contribution in [1.29, 1.82) is 0 Å². The Hall–Kier alpha value is -1.64. The van der Waals surface area contributed by atoms with Crippen molar-refractivity contribution in [2.45, 2.75) is 37.9 Å². The highest BCUT2D eigenvalue weighted by molar-refractivity contribution is 7.89. The summed E-state index contributed by atoms with van der Waals surface area (Å²) < 4.78 is 32.3. The van der Waals surface area contributed by atoms with Gasteiger partial charge in [0.25, 0.3) is 0 Å². The fourth-order valence-corrected chi connectivity index (χ4v) is 3.64. The van der Waals surface area contributed by atoms with Crippen LogP contribution in [0.15, 0.2) is 29.2 Å². The van der Waals surface area contributed by atoms with Gasteiger partial charge >= 0.3 is 6.03 Å². The maximum absolute atomic E-state index is 12.1. The van der Waals surface area contributed by atoms with E-state index in [9.17, 15) is 13.2 Å². The first-order valence-electron chi connectivity index (χ1n) is 8.02. The molecule has 1 aliphatic rings. The zero-order valence-electron chi connectivity index (χ0n) is 14.3. The van der Waals surface area contributed by atoms with Gasteiger partial charge in [0.05, 0.1) is 17.1 Å². The van der Waals surface area contributed by atoms with Crippen LogP contribution in [0.2, 0.25) is 0 Å². The molecule has 2 amide bonds. The van der Waals surface area contributed by atoms with Crippen LogP contribution >= 0.6 is 0 Å². The lowest BCUT2D eigenvalue weighted by molar-refractivity contribution is -0.0544. The fourth-order valence-electron chi connectivity index (χ4n) is 2.61. The van der Waals surface area contributed by atoms with Gasteiger partial charge in [-0.05, 0) is 32.9 Å². The molecule has 134 valence electrons. The summed E-state index contributed by atoms with van der Waals surface area (Å²) in [5.74, 6) is 0. The number of aryl methyl sites for hydroxylation is 1. The van der Waals surface area contributed by atoms with Crippen molar-refractivity contribution in [3.63, 3.8) is 0 Å². The molecule has 0 radical (unpaired) electrons. The average Bonchev–Trinajstić information content (AvgIpc) is 2.51. The molecule has 1 heterocycles. The third-order valence-corrected chi connectivity index (χ3v) is 5.21. The minimum atomic E-state index is -3.55. The van der Waals surface area contributed by atoms with Crippen LogP contribution in [-0.4, -0.2) is 57.7 Å². The largest absolute Gasteiger partial charge is 0.372 e. The summed E-state index contributed by atoms with van der Waals surface area (Å²) in [6, 6.07) is 6.42. The number of rotatable bonds is 5. The molecule has 0 unspecified atom stereocenters. The van der Waals surface area contributed by atoms with Gasteiger partial charge in [-0.15, -0.1) is 0 Å². The molecule has 1 aliphatic heterocycles. The topological polar surface area (TPSA) is 87.7 Å². The number of urea groups is 1. The minimum absolute atomic E-state index is 0.000426. The van der Waals surface area contributed by atoms with Crippen LogP contribution in [0, 0.1) is 6.92 Å². The molecular weight excluding hydrogens is 330 g/mol. The zero-order chi connectivity index (χ0) is 17.7. The van der Waals surface area contributed by atoms with Gasteiger partial charge in [0.15, 0.2) is 0 Å². The molecule has 7 nitrogen and oxygen atoms in total. The molecule has 24 heavy (non-hydrogen) atoms. The van der Waals surface area contributed by atoms with Crippen molar-refractivity contribution in [2.24, 2.45) is 0 Å². The molecule has 0 saturated carbocycles. The Bertz CT molecular complexity index is 650. The van der Waals surface area contributed by atoms with Gasteiger partial charge in [0.1, 0.15) is 0 Å². The van der Waals surface area contributed by atoms with E-state index in [0.717, 1.165) is 5.56 Å². The number of amides is 2. The van der Waals surface area contributed by atoms with Crippen molar-refractivity contribution in [1.82, 2.24) is 14.9 Å². The summed E-state index contributed by atoms with van der Waals surface area (Å²) in [5.41, 5.74) is 0.996. The molecule has 1 fully saturated rings. The Balaban J connectivity index is 1.77. The van der Waals surface area contributed by atoms with Crippen LogP contribution in [0.5, 0.6) is 0 Å². The molecule has 2 rings (SSSR count). The first-order valence-corrected chi connectivity index (χ1v) is 9.51. The van der Waals surface area contributed by atoms with E-state index in [1.54, 1.807) is 29.2 Å². The molecule has 2 N–H and O–H groups in total. The van der Waals surface area contributed by atoms with Gasteiger partial charge < -0.3 is 15.0 Å². The number of hydrogen-bond donors (Lipinski definition) is 2. The summed E-state index contributed by atoms with van der Waals surface area (Å²) in [6.07, 6.45) is -0.000852. The molecular formula is C16H25N3O4S. The molecule has 0 aromatic heterocycles. The molecule has 8 heteroatoms. The van der Waals surface area contributed by atoms with Crippen molar-refractivity contribution in [3.05, 3.63) is 29.8 Å². The number of nitrogens with one attached hydrogen (secondary N) is 2. The highest BCUT2D eigenvalue weighted by atomic mass is 32.2. The predicted molar refractivity (Wildman–Crippen MR) is 91.3 cm³/mol. The standard InChI is InChI=1S/C16H25N3O4S/c1-12-4-6-15(7-5-12)24(21,22)18-9-8-17-16(20)19-10-13(2)23-14(3)11-19/h4-7,13-14,18H,8-11H2,1-3H3,(H,17,20)/t13-,14-/m1/s1. The Labute approximate surface area is 143 Å². The second kappa shape index (κ2) is 7.96. The van der Waals surface area contributed by atoms with Gasteiger partial charge in [0.2, 0.25) is 10.0 Å². The van der Waals surface area contributed by atoms with Crippen LogP contribution in [0.4, 0.5) is 4.79 Å². The summed E-state index contributed by atoms with van der Waals surface area (Å²) >= 11 is 0. The minimum Gasteiger partial charge on any atom is -0.372 e. The lowest BCUT2D eigenvalue weighted by Crippen LogP contribution is -2.52. The molecule has 0 bridgehead atoms. The van der Waals surface area contributed by atoms with Crippen LogP contribution in [0.3, 0.4) is 0 Å². The lowest BCUT2D eigenvalue weighted by Gasteiger charge is -2.35. The van der Waals surface area contributed by atoms with Gasteiger partial charge in [-0.2, -0.15) is 0 Å². The van der Waals surface area contributed by atoms with E-state index < -0.39 is 10.0 Å². The second-order valence-electron chi connectivity index (χ2n) is 6.11. The number of carbonyl (C=O) groups excluding carboxylic acids is 1. The van der Waals surface area contributed by atoms with E-state index in [-0.39, 0.29) is 36.2 Å². The molecule has 1 saturated heterocycles. The Morgan fingerprint density at radius 1 is 1.17 bits per heavy atom. The molecule has 0 spiro atoms. The van der Waals surface area contributed by atoms with Crippen molar-refractivity contribution in [3.8, 4) is 0 Å². The summed E-state index contributed by atoms with van der Waals surface area (Å²) in [7, 11) is -3.55. The van der Waals surface area contributed by atoms with E-state index >= 15 is 0 Å². The Morgan fingerprint density at radius 2 is 1.75 bits per heavy atom. The lowest BCUT2D eigenvalue weighted by atomic mass is 10.2. The molecule has 2 atom stereocenters. The Morgan fingerprint density at radius 3 is 2.33 bits per heavy atom. The SMILES string of the molecule is Cc1ccc(S(=O)(=O)NCCNC(=O)N2C[C@@H](C)O[C@H](C)C2)cc1. The maximum atomic E-state index is 12.1. The number of sulfonamides is 1. The maximum Gasteiger partial charge on any atom is 0.317 e. The van der Waals surface area contributed by atoms with Crippen LogP contribution < -0.4 is 10.0 Å². The van der Waals surface area contributed by atoms with Gasteiger partial charge in [-0.1, -0.05) is 17.7 Å². The highest BCUT2D eigenvalue weighted by Gasteiger charge is 2.25. The molecule has 0 aliphatic carbocycles. The average molecular weight is 355 g/mol. The van der Waals surface area contributed by atoms with E-state index in [4.69, 9.17) is 4.74 Å². The second-order valence-corrected chi connectivity index (χ2v) is 7.87. The normalized spacial score (nSPS) is 21.5. The van der Waals surface area contributed by atoms with Gasteiger partial charge in [-0.25, -0.2) is 17.9 Å². The van der Waals surface area contributed by atoms with Crippen molar-refractivity contribution >= 4 is 16.1 Å². The number of benzene rings is 1. The summed E-state index contributed by atoms with van der Waals surface area (Å²) in [5, 5.41) is 2.73. The van der Waals surface area contributed by atoms with Gasteiger partial charge in [-0.3, -0.25) is 0 Å². The Kier molecular flexibility index (Phi) is 6.20. The fraction of sp³-hybridized carbons (Fsp3) is 0.562. The van der Waals surface area contributed by atoms with Crippen LogP contribution in [0.1, 0.15) is 19.4 Å². The van der Waals surface area contributed by atoms with Crippen LogP contribution in [-0.2, 0) is 14.8 Å². The number of morpholine rings is 1. The quantitative estimate of drug-likeness (QED) is 0.774. The number of ether oxygens (including phenoxy) is 1. The number of hydrogen-bond acceptors (Lipinski definition) is 4. The van der Waals surface area contributed by atoms with E-state index in [2.05, 4.69) is 10.0 Å². The molecule has 1 aromatic carbocycles. The third kappa shape index (κ3) is 5.19. The first kappa shape index (κ1) is 18.7. The van der Waals surface area contributed by atoms with Crippen molar-refractivity contribution in [2.75, 3.05) is 26.2 Å². The van der Waals surface area contributed by atoms with E-state index in [1.165, 1.54) is 0 Å². The highest BCUT2D eigenvalue weighted by Crippen LogP contribution is 2.11. The predicted octanol–water partition coefficient (Wildman–Crippen LogP) is 1.09. The summed E-state index contributed by atoms with van der Waals surface area (Å²) in [4.78, 5) is 14.0. The number of carbonyl (C=O) groups is 1. The van der Waals surface area contributed by atoms with E-state index in [1.807, 2.05) is 20.8 Å². The van der Waals surface area contributed by atoms with Crippen LogP contribution in [0.25, 0.3) is 0 Å². The van der Waals surface area contributed by atoms with Crippen molar-refractivity contribution < 1.29 is 17.9 Å². The zero-order valence-corrected chi connectivity index (χ0v) is 15.1. The smallest absolute Gasteiger partial charge is 0.317 e. The third-order valence-electron chi connectivity index (χ3n) is 3.73. The first-order chi connectivity index (χ1) is 11.3. The summed E-state index contributed by atoms with van der Waals surface area (Å²) in [6.45, 7) is 7.17. The monoisotopic (exact) mass is 355 g/mol. The van der Waals surface area contributed by atoms with E-state index in [0.29, 0.717) is 13.1 Å².